The van der Waals surface area contributed by atoms with Crippen LogP contribution in [0.3, 0.4) is 0 Å². The molecule has 1 fully saturated rings. The molecule has 2 aromatic carbocycles. The Labute approximate surface area is 200 Å². The fourth-order valence-corrected chi connectivity index (χ4v) is 4.94. The monoisotopic (exact) mass is 474 g/mol. The number of carbonyl (C=O) groups is 2. The van der Waals surface area contributed by atoms with E-state index in [1.54, 1.807) is 36.4 Å². The standard InChI is InChI=1S/C26H23FN4O4/c27-22-18(13-19(23(28)31-22)14-1-3-17-16(11-14)5-8-30-24(17)32)15-2-4-21-20(12-15)25(33)35-26(34-21)6-9-29-10-7-26/h1-4,11-13,29H,5-10H2,(H2,28,31)(H,30,32). The fourth-order valence-electron chi connectivity index (χ4n) is 4.94. The Morgan fingerprint density at radius 3 is 2.49 bits per heavy atom. The van der Waals surface area contributed by atoms with E-state index in [1.807, 2.05) is 6.07 Å². The van der Waals surface area contributed by atoms with Crippen molar-refractivity contribution >= 4 is 17.7 Å². The molecule has 1 aromatic heterocycles. The molecular weight excluding hydrogens is 451 g/mol. The molecule has 0 radical (unpaired) electrons. The molecule has 4 N–H and O–H groups in total. The van der Waals surface area contributed by atoms with Crippen molar-refractivity contribution in [3.63, 3.8) is 0 Å². The molecule has 1 amide bonds. The molecule has 3 aliphatic heterocycles. The highest BCUT2D eigenvalue weighted by Crippen LogP contribution is 2.39. The average Bonchev–Trinajstić information content (AvgIpc) is 2.84. The minimum atomic E-state index is -0.957. The van der Waals surface area contributed by atoms with Crippen LogP contribution in [0.5, 0.6) is 5.75 Å². The normalized spacial score (nSPS) is 18.2. The molecule has 0 bridgehead atoms. The van der Waals surface area contributed by atoms with Crippen LogP contribution in [0, 0.1) is 5.95 Å². The van der Waals surface area contributed by atoms with E-state index >= 15 is 0 Å². The van der Waals surface area contributed by atoms with Crippen molar-refractivity contribution in [3.05, 3.63) is 65.1 Å². The zero-order valence-electron chi connectivity index (χ0n) is 18.8. The quantitative estimate of drug-likeness (QED) is 0.386. The molecule has 9 heteroatoms. The van der Waals surface area contributed by atoms with E-state index in [0.29, 0.717) is 61.3 Å². The Balaban J connectivity index is 1.38. The Hall–Kier alpha value is -3.98. The molecule has 6 rings (SSSR count). The third-order valence-electron chi connectivity index (χ3n) is 6.80. The van der Waals surface area contributed by atoms with Gasteiger partial charge in [-0.05, 0) is 47.4 Å². The van der Waals surface area contributed by atoms with Gasteiger partial charge in [0.1, 0.15) is 17.1 Å². The average molecular weight is 474 g/mol. The van der Waals surface area contributed by atoms with Gasteiger partial charge in [-0.2, -0.15) is 4.39 Å². The summed E-state index contributed by atoms with van der Waals surface area (Å²) in [5.74, 6) is -1.85. The summed E-state index contributed by atoms with van der Waals surface area (Å²) in [6, 6.07) is 11.9. The van der Waals surface area contributed by atoms with E-state index < -0.39 is 17.7 Å². The molecule has 0 unspecified atom stereocenters. The molecule has 3 aromatic rings. The molecule has 35 heavy (non-hydrogen) atoms. The lowest BCUT2D eigenvalue weighted by Gasteiger charge is -2.40. The molecular formula is C26H23FN4O4. The van der Waals surface area contributed by atoms with E-state index in [-0.39, 0.29) is 22.9 Å². The molecule has 178 valence electrons. The van der Waals surface area contributed by atoms with Crippen molar-refractivity contribution in [2.75, 3.05) is 25.4 Å². The fraction of sp³-hybridized carbons (Fsp3) is 0.269. The van der Waals surface area contributed by atoms with Gasteiger partial charge in [0.15, 0.2) is 0 Å². The zero-order valence-corrected chi connectivity index (χ0v) is 18.8. The summed E-state index contributed by atoms with van der Waals surface area (Å²) >= 11 is 0. The largest absolute Gasteiger partial charge is 0.451 e. The summed E-state index contributed by atoms with van der Waals surface area (Å²) in [7, 11) is 0. The van der Waals surface area contributed by atoms with Crippen LogP contribution in [0.25, 0.3) is 22.3 Å². The van der Waals surface area contributed by atoms with Gasteiger partial charge < -0.3 is 25.8 Å². The summed E-state index contributed by atoms with van der Waals surface area (Å²) in [4.78, 5) is 28.9. The van der Waals surface area contributed by atoms with Crippen molar-refractivity contribution in [2.45, 2.75) is 25.0 Å². The van der Waals surface area contributed by atoms with Gasteiger partial charge in [0.25, 0.3) is 11.7 Å². The van der Waals surface area contributed by atoms with E-state index in [0.717, 1.165) is 11.1 Å². The van der Waals surface area contributed by atoms with Crippen LogP contribution in [0.1, 0.15) is 39.1 Å². The van der Waals surface area contributed by atoms with Crippen LogP contribution in [0.15, 0.2) is 42.5 Å². The highest BCUT2D eigenvalue weighted by molar-refractivity contribution is 5.98. The van der Waals surface area contributed by atoms with Crippen molar-refractivity contribution < 1.29 is 23.5 Å². The number of nitrogen functional groups attached to an aromatic ring is 1. The number of nitrogens with zero attached hydrogens (tertiary/aromatic N) is 1. The molecule has 0 aliphatic carbocycles. The number of hydrogen-bond donors (Lipinski definition) is 3. The van der Waals surface area contributed by atoms with Gasteiger partial charge in [-0.25, -0.2) is 9.78 Å². The smallest absolute Gasteiger partial charge is 0.345 e. The predicted molar refractivity (Wildman–Crippen MR) is 126 cm³/mol. The number of ether oxygens (including phenoxy) is 2. The Morgan fingerprint density at radius 2 is 1.66 bits per heavy atom. The molecule has 0 atom stereocenters. The molecule has 8 nitrogen and oxygen atoms in total. The van der Waals surface area contributed by atoms with Gasteiger partial charge in [0.05, 0.1) is 0 Å². The number of halogens is 1. The first-order chi connectivity index (χ1) is 16.9. The van der Waals surface area contributed by atoms with Gasteiger partial charge in [0, 0.05) is 49.2 Å². The lowest BCUT2D eigenvalue weighted by molar-refractivity contribution is -0.168. The number of benzene rings is 2. The number of fused-ring (bicyclic) bond motifs is 2. The summed E-state index contributed by atoms with van der Waals surface area (Å²) < 4.78 is 26.7. The second-order valence-corrected chi connectivity index (χ2v) is 9.00. The van der Waals surface area contributed by atoms with Crippen LogP contribution < -0.4 is 21.1 Å². The number of amides is 1. The number of nitrogens with one attached hydrogen (secondary N) is 2. The first-order valence-corrected chi connectivity index (χ1v) is 11.6. The van der Waals surface area contributed by atoms with E-state index in [1.165, 1.54) is 0 Å². The van der Waals surface area contributed by atoms with Gasteiger partial charge in [-0.1, -0.05) is 18.2 Å². The summed E-state index contributed by atoms with van der Waals surface area (Å²) in [5.41, 5.74) is 9.77. The maximum atomic E-state index is 15.0. The first kappa shape index (κ1) is 21.5. The number of hydrogen-bond acceptors (Lipinski definition) is 7. The summed E-state index contributed by atoms with van der Waals surface area (Å²) in [6.07, 6.45) is 1.81. The number of carbonyl (C=O) groups excluding carboxylic acids is 2. The maximum Gasteiger partial charge on any atom is 0.345 e. The van der Waals surface area contributed by atoms with Crippen LogP contribution in [-0.4, -0.2) is 42.3 Å². The highest BCUT2D eigenvalue weighted by atomic mass is 19.1. The number of anilines is 1. The molecule has 3 aliphatic rings. The Morgan fingerprint density at radius 1 is 0.886 bits per heavy atom. The Bertz CT molecular complexity index is 1380. The molecule has 1 spiro atoms. The van der Waals surface area contributed by atoms with Crippen LogP contribution in [0.4, 0.5) is 10.2 Å². The molecule has 0 saturated carbocycles. The summed E-state index contributed by atoms with van der Waals surface area (Å²) in [6.45, 7) is 1.95. The van der Waals surface area contributed by atoms with Gasteiger partial charge in [-0.3, -0.25) is 4.79 Å². The van der Waals surface area contributed by atoms with Crippen LogP contribution in [0.2, 0.25) is 0 Å². The molecule has 4 heterocycles. The number of nitrogens with two attached hydrogens (primary N) is 1. The maximum absolute atomic E-state index is 15.0. The van der Waals surface area contributed by atoms with Crippen molar-refractivity contribution in [1.29, 1.82) is 0 Å². The minimum absolute atomic E-state index is 0.0417. The van der Waals surface area contributed by atoms with Crippen LogP contribution >= 0.6 is 0 Å². The minimum Gasteiger partial charge on any atom is -0.451 e. The second-order valence-electron chi connectivity index (χ2n) is 9.00. The highest BCUT2D eigenvalue weighted by Gasteiger charge is 2.43. The van der Waals surface area contributed by atoms with Crippen molar-refractivity contribution in [2.24, 2.45) is 0 Å². The number of aromatic nitrogens is 1. The first-order valence-electron chi connectivity index (χ1n) is 11.6. The lowest BCUT2D eigenvalue weighted by atomic mass is 9.93. The summed E-state index contributed by atoms with van der Waals surface area (Å²) in [5, 5.41) is 6.04. The van der Waals surface area contributed by atoms with E-state index in [9.17, 15) is 14.0 Å². The SMILES string of the molecule is Nc1nc(F)c(-c2ccc3c(c2)C(=O)OC2(CCNCC2)O3)cc1-c1ccc2c(c1)CCNC2=O. The van der Waals surface area contributed by atoms with Crippen LogP contribution in [-0.2, 0) is 11.2 Å². The van der Waals surface area contributed by atoms with Gasteiger partial charge >= 0.3 is 5.97 Å². The topological polar surface area (TPSA) is 116 Å². The number of rotatable bonds is 2. The predicted octanol–water partition coefficient (Wildman–Crippen LogP) is 3.05. The molecule has 1 saturated heterocycles. The number of piperidine rings is 1. The van der Waals surface area contributed by atoms with E-state index in [2.05, 4.69) is 15.6 Å². The lowest BCUT2D eigenvalue weighted by Crippen LogP contribution is -2.51. The number of pyridine rings is 1. The third-order valence-corrected chi connectivity index (χ3v) is 6.80. The third kappa shape index (κ3) is 3.68. The van der Waals surface area contributed by atoms with Gasteiger partial charge in [-0.15, -0.1) is 0 Å². The number of esters is 1. The second kappa shape index (κ2) is 8.06. The van der Waals surface area contributed by atoms with Crippen molar-refractivity contribution in [1.82, 2.24) is 15.6 Å². The van der Waals surface area contributed by atoms with Crippen molar-refractivity contribution in [3.8, 4) is 28.0 Å². The zero-order chi connectivity index (χ0) is 24.2. The Kier molecular flexibility index (Phi) is 4.96. The van der Waals surface area contributed by atoms with E-state index in [4.69, 9.17) is 15.2 Å². The van der Waals surface area contributed by atoms with Gasteiger partial charge in [0.2, 0.25) is 5.95 Å².